The smallest absolute Gasteiger partial charge is 0.407 e. The van der Waals surface area contributed by atoms with Crippen LogP contribution in [0.25, 0.3) is 11.1 Å². The first-order chi connectivity index (χ1) is 16.8. The van der Waals surface area contributed by atoms with Gasteiger partial charge in [0, 0.05) is 19.0 Å². The number of nitrogens with one attached hydrogen (secondary N) is 1. The summed E-state index contributed by atoms with van der Waals surface area (Å²) in [6.07, 6.45) is 0.646. The summed E-state index contributed by atoms with van der Waals surface area (Å²) in [6, 6.07) is 15.3. The standard InChI is InChI=1S/C27H33N3O5/c1-4-27(25(32)33)14-9-15-30(27)24(31)23(16-29(2)3)28-26(34)35-17-22-20-12-7-5-10-18(20)19-11-6-8-13-21(19)22/h5-8,10-13,22-23H,4,9,14-17H2,1-3H3,(H,28,34)(H,32,33). The second-order valence-corrected chi connectivity index (χ2v) is 9.57. The van der Waals surface area contributed by atoms with Crippen molar-refractivity contribution >= 4 is 18.0 Å². The van der Waals surface area contributed by atoms with Crippen LogP contribution in [0.4, 0.5) is 4.79 Å². The predicted octanol–water partition coefficient (Wildman–Crippen LogP) is 3.31. The number of nitrogens with zero attached hydrogens (tertiary/aromatic N) is 2. The molecule has 0 radical (unpaired) electrons. The number of carbonyl (C=O) groups is 3. The molecular weight excluding hydrogens is 446 g/mol. The zero-order chi connectivity index (χ0) is 25.2. The van der Waals surface area contributed by atoms with Crippen molar-refractivity contribution in [3.8, 4) is 11.1 Å². The Labute approximate surface area is 205 Å². The van der Waals surface area contributed by atoms with Crippen molar-refractivity contribution in [1.82, 2.24) is 15.1 Å². The van der Waals surface area contributed by atoms with Crippen molar-refractivity contribution in [3.05, 3.63) is 59.7 Å². The van der Waals surface area contributed by atoms with Crippen molar-refractivity contribution in [2.24, 2.45) is 0 Å². The molecule has 2 aliphatic rings. The second-order valence-electron chi connectivity index (χ2n) is 9.57. The Balaban J connectivity index is 1.47. The van der Waals surface area contributed by atoms with E-state index in [4.69, 9.17) is 4.74 Å². The second kappa shape index (κ2) is 10.1. The third-order valence-electron chi connectivity index (χ3n) is 7.22. The van der Waals surface area contributed by atoms with E-state index >= 15 is 0 Å². The number of rotatable bonds is 8. The number of benzene rings is 2. The quantitative estimate of drug-likeness (QED) is 0.603. The summed E-state index contributed by atoms with van der Waals surface area (Å²) < 4.78 is 5.63. The number of carboxylic acid groups (broad SMARTS) is 1. The average Bonchev–Trinajstić information content (AvgIpc) is 3.42. The number of hydrogen-bond donors (Lipinski definition) is 2. The lowest BCUT2D eigenvalue weighted by Gasteiger charge is -2.36. The van der Waals surface area contributed by atoms with Gasteiger partial charge in [-0.15, -0.1) is 0 Å². The summed E-state index contributed by atoms with van der Waals surface area (Å²) >= 11 is 0. The largest absolute Gasteiger partial charge is 0.479 e. The van der Waals surface area contributed by atoms with Gasteiger partial charge >= 0.3 is 12.1 Å². The van der Waals surface area contributed by atoms with Crippen LogP contribution in [0.5, 0.6) is 0 Å². The van der Waals surface area contributed by atoms with Crippen LogP contribution in [0.15, 0.2) is 48.5 Å². The van der Waals surface area contributed by atoms with E-state index in [-0.39, 0.29) is 19.1 Å². The first kappa shape index (κ1) is 24.7. The highest BCUT2D eigenvalue weighted by Crippen LogP contribution is 2.44. The van der Waals surface area contributed by atoms with E-state index in [2.05, 4.69) is 17.4 Å². The number of hydrogen-bond acceptors (Lipinski definition) is 5. The number of carbonyl (C=O) groups excluding carboxylic acids is 2. The number of likely N-dealkylation sites (N-methyl/N-ethyl adjacent to an activating group) is 1. The SMILES string of the molecule is CCC1(C(=O)O)CCCN1C(=O)C(CN(C)C)NC(=O)OCC1c2ccccc2-c2ccccc21. The minimum Gasteiger partial charge on any atom is -0.479 e. The molecule has 2 N–H and O–H groups in total. The van der Waals surface area contributed by atoms with Gasteiger partial charge in [0.15, 0.2) is 0 Å². The minimum atomic E-state index is -1.23. The van der Waals surface area contributed by atoms with Gasteiger partial charge in [-0.1, -0.05) is 55.5 Å². The Hall–Kier alpha value is -3.39. The monoisotopic (exact) mass is 479 g/mol. The highest BCUT2D eigenvalue weighted by atomic mass is 16.5. The van der Waals surface area contributed by atoms with Gasteiger partial charge in [0.1, 0.15) is 18.2 Å². The molecule has 0 spiro atoms. The van der Waals surface area contributed by atoms with E-state index in [9.17, 15) is 19.5 Å². The van der Waals surface area contributed by atoms with Crippen molar-refractivity contribution in [1.29, 1.82) is 0 Å². The van der Waals surface area contributed by atoms with E-state index in [1.807, 2.05) is 36.4 Å². The van der Waals surface area contributed by atoms with E-state index in [0.29, 0.717) is 25.8 Å². The van der Waals surface area contributed by atoms with Gasteiger partial charge in [-0.25, -0.2) is 9.59 Å². The molecule has 0 aromatic heterocycles. The molecule has 1 saturated heterocycles. The van der Waals surface area contributed by atoms with Crippen molar-refractivity contribution in [2.75, 3.05) is 33.8 Å². The van der Waals surface area contributed by atoms with Crippen LogP contribution in [-0.2, 0) is 14.3 Å². The van der Waals surface area contributed by atoms with Crippen LogP contribution in [0.3, 0.4) is 0 Å². The number of carboxylic acids is 1. The van der Waals surface area contributed by atoms with Crippen LogP contribution < -0.4 is 5.32 Å². The summed E-state index contributed by atoms with van der Waals surface area (Å²) in [7, 11) is 3.60. The highest BCUT2D eigenvalue weighted by Gasteiger charge is 2.50. The first-order valence-electron chi connectivity index (χ1n) is 12.1. The number of amides is 2. The molecule has 8 nitrogen and oxygen atoms in total. The lowest BCUT2D eigenvalue weighted by atomic mass is 9.92. The fourth-order valence-corrected chi connectivity index (χ4v) is 5.46. The topological polar surface area (TPSA) is 99.2 Å². The Morgan fingerprint density at radius 1 is 1.11 bits per heavy atom. The molecule has 186 valence electrons. The molecule has 0 saturated carbocycles. The van der Waals surface area contributed by atoms with Gasteiger partial charge in [-0.2, -0.15) is 0 Å². The Morgan fingerprint density at radius 2 is 1.71 bits per heavy atom. The van der Waals surface area contributed by atoms with Gasteiger partial charge in [-0.05, 0) is 55.6 Å². The summed E-state index contributed by atoms with van der Waals surface area (Å²) in [4.78, 5) is 41.6. The van der Waals surface area contributed by atoms with Gasteiger partial charge in [0.05, 0.1) is 0 Å². The third kappa shape index (κ3) is 4.62. The number of alkyl carbamates (subject to hydrolysis) is 1. The Kier molecular flexibility index (Phi) is 7.12. The van der Waals surface area contributed by atoms with Crippen LogP contribution in [-0.4, -0.2) is 78.2 Å². The predicted molar refractivity (Wildman–Crippen MR) is 132 cm³/mol. The zero-order valence-electron chi connectivity index (χ0n) is 20.5. The van der Waals surface area contributed by atoms with Crippen molar-refractivity contribution in [3.63, 3.8) is 0 Å². The van der Waals surface area contributed by atoms with Gasteiger partial charge in [0.25, 0.3) is 0 Å². The first-order valence-corrected chi connectivity index (χ1v) is 12.1. The van der Waals surface area contributed by atoms with E-state index in [0.717, 1.165) is 22.3 Å². The molecule has 2 aromatic carbocycles. The molecule has 0 bridgehead atoms. The molecule has 1 aliphatic carbocycles. The zero-order valence-corrected chi connectivity index (χ0v) is 20.5. The van der Waals surface area contributed by atoms with Crippen LogP contribution in [0.2, 0.25) is 0 Å². The molecule has 8 heteroatoms. The van der Waals surface area contributed by atoms with Crippen molar-refractivity contribution < 1.29 is 24.2 Å². The molecule has 2 aromatic rings. The van der Waals surface area contributed by atoms with Gasteiger partial charge in [0.2, 0.25) is 5.91 Å². The summed E-state index contributed by atoms with van der Waals surface area (Å²) in [5.74, 6) is -1.49. The Morgan fingerprint density at radius 3 is 2.26 bits per heavy atom. The molecular formula is C27H33N3O5. The maximum atomic E-state index is 13.4. The molecule has 2 amide bonds. The van der Waals surface area contributed by atoms with Crippen LogP contribution in [0, 0.1) is 0 Å². The molecule has 1 aliphatic heterocycles. The van der Waals surface area contributed by atoms with E-state index < -0.39 is 29.6 Å². The average molecular weight is 480 g/mol. The number of likely N-dealkylation sites (tertiary alicyclic amines) is 1. The van der Waals surface area contributed by atoms with Gasteiger partial charge in [-0.3, -0.25) is 4.79 Å². The van der Waals surface area contributed by atoms with Crippen molar-refractivity contribution in [2.45, 2.75) is 43.7 Å². The molecule has 4 rings (SSSR count). The highest BCUT2D eigenvalue weighted by molar-refractivity contribution is 5.92. The fourth-order valence-electron chi connectivity index (χ4n) is 5.46. The van der Waals surface area contributed by atoms with Crippen LogP contribution in [0.1, 0.15) is 43.2 Å². The third-order valence-corrected chi connectivity index (χ3v) is 7.22. The maximum absolute atomic E-state index is 13.4. The molecule has 2 unspecified atom stereocenters. The van der Waals surface area contributed by atoms with Crippen LogP contribution >= 0.6 is 0 Å². The normalized spacial score (nSPS) is 19.8. The summed E-state index contributed by atoms with van der Waals surface area (Å²) in [5, 5.41) is 12.6. The lowest BCUT2D eigenvalue weighted by molar-refractivity contribution is -0.157. The Bertz CT molecular complexity index is 1070. The molecule has 1 fully saturated rings. The molecule has 2 atom stereocenters. The number of aliphatic carboxylic acids is 1. The van der Waals surface area contributed by atoms with E-state index in [1.54, 1.807) is 25.9 Å². The number of ether oxygens (including phenoxy) is 1. The molecule has 35 heavy (non-hydrogen) atoms. The summed E-state index contributed by atoms with van der Waals surface area (Å²) in [5.41, 5.74) is 3.25. The molecule has 1 heterocycles. The fraction of sp³-hybridized carbons (Fsp3) is 0.444. The van der Waals surface area contributed by atoms with Gasteiger partial charge < -0.3 is 25.0 Å². The summed E-state index contributed by atoms with van der Waals surface area (Å²) in [6.45, 7) is 2.51. The number of fused-ring (bicyclic) bond motifs is 3. The minimum absolute atomic E-state index is 0.0884. The lowest BCUT2D eigenvalue weighted by Crippen LogP contribution is -2.60. The van der Waals surface area contributed by atoms with E-state index in [1.165, 1.54) is 4.90 Å². The maximum Gasteiger partial charge on any atom is 0.407 e.